The molecule has 5 rings (SSSR count). The zero-order chi connectivity index (χ0) is 24.4. The number of piperidine rings is 1. The number of H-pyrrole nitrogens is 1. The summed E-state index contributed by atoms with van der Waals surface area (Å²) < 4.78 is 1.63. The van der Waals surface area contributed by atoms with Crippen molar-refractivity contribution < 1.29 is 4.79 Å². The van der Waals surface area contributed by atoms with Crippen molar-refractivity contribution in [3.05, 3.63) is 81.8 Å². The van der Waals surface area contributed by atoms with E-state index in [-0.39, 0.29) is 11.5 Å². The van der Waals surface area contributed by atoms with Crippen LogP contribution in [0.2, 0.25) is 0 Å². The van der Waals surface area contributed by atoms with Crippen molar-refractivity contribution in [1.29, 1.82) is 0 Å². The molecule has 1 fully saturated rings. The van der Waals surface area contributed by atoms with E-state index in [1.165, 1.54) is 5.57 Å². The number of aromatic nitrogens is 5. The van der Waals surface area contributed by atoms with Crippen LogP contribution in [0, 0.1) is 0 Å². The van der Waals surface area contributed by atoms with E-state index >= 15 is 0 Å². The quantitative estimate of drug-likeness (QED) is 0.463. The number of hydrogen-bond acceptors (Lipinski definition) is 6. The van der Waals surface area contributed by atoms with Crippen LogP contribution in [0.5, 0.6) is 0 Å². The Balaban J connectivity index is 1.22. The highest BCUT2D eigenvalue weighted by molar-refractivity contribution is 6.02. The third kappa shape index (κ3) is 4.98. The van der Waals surface area contributed by atoms with Crippen molar-refractivity contribution in [2.45, 2.75) is 26.2 Å². The highest BCUT2D eigenvalue weighted by Crippen LogP contribution is 2.24. The van der Waals surface area contributed by atoms with E-state index < -0.39 is 0 Å². The summed E-state index contributed by atoms with van der Waals surface area (Å²) >= 11 is 0. The van der Waals surface area contributed by atoms with Crippen LogP contribution in [0.3, 0.4) is 0 Å². The average molecular weight is 470 g/mol. The zero-order valence-electron chi connectivity index (χ0n) is 19.8. The minimum atomic E-state index is -0.260. The van der Waals surface area contributed by atoms with E-state index in [0.29, 0.717) is 17.8 Å². The van der Waals surface area contributed by atoms with E-state index in [1.54, 1.807) is 36.4 Å². The van der Waals surface area contributed by atoms with Crippen LogP contribution < -0.4 is 15.8 Å². The normalized spacial score (nSPS) is 13.8. The molecule has 1 aliphatic rings. The molecule has 5 heterocycles. The number of nitrogens with one attached hydrogen (secondary N) is 2. The molecule has 0 unspecified atom stereocenters. The molecule has 178 valence electrons. The fourth-order valence-electron chi connectivity index (χ4n) is 4.30. The molecule has 0 bridgehead atoms. The lowest BCUT2D eigenvalue weighted by atomic mass is 10.0. The summed E-state index contributed by atoms with van der Waals surface area (Å²) in [6.07, 6.45) is 11.6. The molecule has 1 aliphatic heterocycles. The first-order valence-corrected chi connectivity index (χ1v) is 11.7. The van der Waals surface area contributed by atoms with Crippen LogP contribution in [-0.4, -0.2) is 43.7 Å². The summed E-state index contributed by atoms with van der Waals surface area (Å²) in [5, 5.41) is 6.84. The van der Waals surface area contributed by atoms with Gasteiger partial charge in [-0.3, -0.25) is 19.3 Å². The molecule has 0 saturated carbocycles. The largest absolute Gasteiger partial charge is 0.370 e. The molecular formula is C26H27N7O2. The number of pyridine rings is 3. The van der Waals surface area contributed by atoms with Gasteiger partial charge in [-0.1, -0.05) is 18.6 Å². The molecule has 35 heavy (non-hydrogen) atoms. The lowest BCUT2D eigenvalue weighted by Gasteiger charge is -2.30. The van der Waals surface area contributed by atoms with Crippen molar-refractivity contribution in [1.82, 2.24) is 24.7 Å². The first-order valence-electron chi connectivity index (χ1n) is 11.7. The molecule has 9 nitrogen and oxygen atoms in total. The summed E-state index contributed by atoms with van der Waals surface area (Å²) in [7, 11) is 1.80. The number of rotatable bonds is 5. The van der Waals surface area contributed by atoms with Crippen LogP contribution in [0.1, 0.15) is 41.4 Å². The Kier molecular flexibility index (Phi) is 6.13. The van der Waals surface area contributed by atoms with Gasteiger partial charge in [-0.2, -0.15) is 5.10 Å². The van der Waals surface area contributed by atoms with Gasteiger partial charge in [0.1, 0.15) is 5.69 Å². The lowest BCUT2D eigenvalue weighted by Crippen LogP contribution is -2.30. The predicted octanol–water partition coefficient (Wildman–Crippen LogP) is 3.55. The van der Waals surface area contributed by atoms with Crippen LogP contribution >= 0.6 is 0 Å². The third-order valence-electron chi connectivity index (χ3n) is 6.26. The molecule has 0 atom stereocenters. The van der Waals surface area contributed by atoms with E-state index in [4.69, 9.17) is 0 Å². The zero-order valence-corrected chi connectivity index (χ0v) is 19.8. The second kappa shape index (κ2) is 9.54. The van der Waals surface area contributed by atoms with E-state index in [9.17, 15) is 9.59 Å². The fourth-order valence-corrected chi connectivity index (χ4v) is 4.30. The summed E-state index contributed by atoms with van der Waals surface area (Å²) in [6.45, 7) is 3.70. The fraction of sp³-hybridized carbons (Fsp3) is 0.269. The minimum Gasteiger partial charge on any atom is -0.370 e. The first kappa shape index (κ1) is 22.5. The molecule has 0 aromatic carbocycles. The second-order valence-corrected chi connectivity index (χ2v) is 8.73. The first-order chi connectivity index (χ1) is 17.0. The number of aromatic amines is 1. The lowest BCUT2D eigenvalue weighted by molar-refractivity contribution is 0.102. The molecule has 2 N–H and O–H groups in total. The maximum absolute atomic E-state index is 12.4. The van der Waals surface area contributed by atoms with Gasteiger partial charge in [0.05, 0.1) is 34.8 Å². The van der Waals surface area contributed by atoms with Crippen LogP contribution in [-0.2, 0) is 13.5 Å². The van der Waals surface area contributed by atoms with Gasteiger partial charge in [-0.25, -0.2) is 4.98 Å². The minimum absolute atomic E-state index is 0.0471. The maximum atomic E-state index is 12.4. The number of amides is 1. The van der Waals surface area contributed by atoms with Crippen molar-refractivity contribution in [3.63, 3.8) is 0 Å². The monoisotopic (exact) mass is 469 g/mol. The molecule has 4 aromatic rings. The Bertz CT molecular complexity index is 1460. The van der Waals surface area contributed by atoms with Crippen LogP contribution in [0.15, 0.2) is 59.4 Å². The Morgan fingerprint density at radius 2 is 1.97 bits per heavy atom. The third-order valence-corrected chi connectivity index (χ3v) is 6.26. The molecule has 9 heteroatoms. The number of aryl methyl sites for hydroxylation is 2. The van der Waals surface area contributed by atoms with Crippen molar-refractivity contribution in [3.8, 4) is 0 Å². The van der Waals surface area contributed by atoms with E-state index in [2.05, 4.69) is 36.3 Å². The highest BCUT2D eigenvalue weighted by Gasteiger charge is 2.16. The van der Waals surface area contributed by atoms with Gasteiger partial charge in [0.2, 0.25) is 0 Å². The topological polar surface area (TPSA) is 109 Å². The van der Waals surface area contributed by atoms with Gasteiger partial charge in [0, 0.05) is 38.1 Å². The Hall–Kier alpha value is -4.27. The average Bonchev–Trinajstić information content (AvgIpc) is 3.28. The van der Waals surface area contributed by atoms with Crippen LogP contribution in [0.25, 0.3) is 17.1 Å². The Morgan fingerprint density at radius 3 is 2.66 bits per heavy atom. The van der Waals surface area contributed by atoms with Gasteiger partial charge >= 0.3 is 0 Å². The number of anilines is 2. The van der Waals surface area contributed by atoms with Crippen molar-refractivity contribution in [2.75, 3.05) is 23.3 Å². The van der Waals surface area contributed by atoms with Gasteiger partial charge in [0.25, 0.3) is 11.5 Å². The number of carbonyl (C=O) groups excluding carboxylic acids is 1. The molecule has 0 aliphatic carbocycles. The summed E-state index contributed by atoms with van der Waals surface area (Å²) in [5.41, 5.74) is 6.61. The number of nitrogens with zero attached hydrogens (tertiary/aromatic N) is 5. The molecule has 1 amide bonds. The number of fused-ring (bicyclic) bond motifs is 1. The highest BCUT2D eigenvalue weighted by atomic mass is 16.2. The molecule has 1 saturated heterocycles. The standard InChI is InChI=1S/C26H27N7O2/c1-3-19-12-23-24(31-25(19)34)11-18(13-27-23)10-17-6-8-33(9-7-17)21-4-5-22(28-15-21)26(35)30-20-14-29-32(2)16-20/h4-5,10-16H,3,6-9H2,1-2H3,(H,30,35)(H,31,34). The molecule has 0 radical (unpaired) electrons. The summed E-state index contributed by atoms with van der Waals surface area (Å²) in [5.74, 6) is -0.260. The van der Waals surface area contributed by atoms with Gasteiger partial charge < -0.3 is 15.2 Å². The van der Waals surface area contributed by atoms with Gasteiger partial charge in [-0.05, 0) is 49.1 Å². The SMILES string of the molecule is CCc1cc2ncc(C=C3CCN(c4ccc(C(=O)Nc5cnn(C)c5)nc4)CC3)cc2[nH]c1=O. The van der Waals surface area contributed by atoms with Gasteiger partial charge in [0.15, 0.2) is 0 Å². The summed E-state index contributed by atoms with van der Waals surface area (Å²) in [6, 6.07) is 7.54. The van der Waals surface area contributed by atoms with Crippen molar-refractivity contribution >= 4 is 34.4 Å². The van der Waals surface area contributed by atoms with Crippen LogP contribution in [0.4, 0.5) is 11.4 Å². The second-order valence-electron chi connectivity index (χ2n) is 8.73. The molecular weight excluding hydrogens is 442 g/mol. The van der Waals surface area contributed by atoms with Crippen molar-refractivity contribution in [2.24, 2.45) is 7.05 Å². The Morgan fingerprint density at radius 1 is 1.14 bits per heavy atom. The molecule has 4 aromatic heterocycles. The number of hydrogen-bond donors (Lipinski definition) is 2. The van der Waals surface area contributed by atoms with Gasteiger partial charge in [-0.15, -0.1) is 0 Å². The number of carbonyl (C=O) groups is 1. The summed E-state index contributed by atoms with van der Waals surface area (Å²) in [4.78, 5) is 38.7. The molecule has 0 spiro atoms. The van der Waals surface area contributed by atoms with E-state index in [0.717, 1.165) is 53.8 Å². The predicted molar refractivity (Wildman–Crippen MR) is 137 cm³/mol. The van der Waals surface area contributed by atoms with E-state index in [1.807, 2.05) is 31.3 Å². The smallest absolute Gasteiger partial charge is 0.274 e. The Labute approximate surface area is 202 Å². The maximum Gasteiger partial charge on any atom is 0.274 e.